The second-order valence-electron chi connectivity index (χ2n) is 4.47. The molecule has 1 saturated heterocycles. The van der Waals surface area contributed by atoms with Crippen LogP contribution in [0.2, 0.25) is 0 Å². The van der Waals surface area contributed by atoms with Crippen molar-refractivity contribution in [3.05, 3.63) is 29.6 Å². The minimum Gasteiger partial charge on any atom is -0.478 e. The molecule has 0 aliphatic carbocycles. The highest BCUT2D eigenvalue weighted by atomic mass is 19.1. The number of carboxylic acid groups (broad SMARTS) is 1. The lowest BCUT2D eigenvalue weighted by Gasteiger charge is -2.17. The largest absolute Gasteiger partial charge is 0.478 e. The van der Waals surface area contributed by atoms with Gasteiger partial charge in [-0.15, -0.1) is 0 Å². The van der Waals surface area contributed by atoms with Crippen LogP contribution in [-0.2, 0) is 4.74 Å². The van der Waals surface area contributed by atoms with Crippen LogP contribution in [0, 0.1) is 11.7 Å². The molecule has 2 unspecified atom stereocenters. The smallest absolute Gasteiger partial charge is 0.337 e. The van der Waals surface area contributed by atoms with Crippen LogP contribution in [0.3, 0.4) is 0 Å². The van der Waals surface area contributed by atoms with E-state index >= 15 is 0 Å². The summed E-state index contributed by atoms with van der Waals surface area (Å²) in [6.45, 7) is 3.19. The number of ether oxygens (including phenoxy) is 1. The van der Waals surface area contributed by atoms with E-state index in [9.17, 15) is 9.18 Å². The van der Waals surface area contributed by atoms with E-state index in [1.165, 1.54) is 18.2 Å². The Bertz CT molecular complexity index is 450. The Balaban J connectivity index is 2.11. The standard InChI is InChI=1S/C13H16FNO3/c1-8-9(5-6-18-8)7-15-12-10(13(16)17)3-2-4-11(12)14/h2-4,8-9,15H,5-7H2,1H3,(H,16,17). The van der Waals surface area contributed by atoms with Crippen molar-refractivity contribution in [2.75, 3.05) is 18.5 Å². The number of halogens is 1. The van der Waals surface area contributed by atoms with Crippen LogP contribution in [0.5, 0.6) is 0 Å². The van der Waals surface area contributed by atoms with E-state index in [1.807, 2.05) is 6.92 Å². The first-order valence-electron chi connectivity index (χ1n) is 5.97. The zero-order valence-electron chi connectivity index (χ0n) is 10.1. The molecule has 0 aromatic heterocycles. The number of rotatable bonds is 4. The first-order valence-corrected chi connectivity index (χ1v) is 5.97. The van der Waals surface area contributed by atoms with Crippen LogP contribution < -0.4 is 5.32 Å². The highest BCUT2D eigenvalue weighted by molar-refractivity contribution is 5.94. The van der Waals surface area contributed by atoms with Gasteiger partial charge in [0, 0.05) is 19.1 Å². The molecule has 1 aliphatic rings. The summed E-state index contributed by atoms with van der Waals surface area (Å²) >= 11 is 0. The number of carbonyl (C=O) groups is 1. The molecule has 0 saturated carbocycles. The summed E-state index contributed by atoms with van der Waals surface area (Å²) in [7, 11) is 0. The van der Waals surface area contributed by atoms with Crippen molar-refractivity contribution >= 4 is 11.7 Å². The van der Waals surface area contributed by atoms with Crippen molar-refractivity contribution in [1.29, 1.82) is 0 Å². The van der Waals surface area contributed by atoms with Gasteiger partial charge >= 0.3 is 5.97 Å². The van der Waals surface area contributed by atoms with Gasteiger partial charge in [-0.25, -0.2) is 9.18 Å². The number of hydrogen-bond acceptors (Lipinski definition) is 3. The van der Waals surface area contributed by atoms with Gasteiger partial charge in [0.25, 0.3) is 0 Å². The fourth-order valence-electron chi connectivity index (χ4n) is 2.16. The molecule has 1 aromatic carbocycles. The predicted molar refractivity (Wildman–Crippen MR) is 65.4 cm³/mol. The van der Waals surface area contributed by atoms with Crippen molar-refractivity contribution in [1.82, 2.24) is 0 Å². The Labute approximate surface area is 105 Å². The second kappa shape index (κ2) is 5.35. The summed E-state index contributed by atoms with van der Waals surface area (Å²) in [5.41, 5.74) is 0.0191. The fourth-order valence-corrected chi connectivity index (χ4v) is 2.16. The summed E-state index contributed by atoms with van der Waals surface area (Å²) in [5.74, 6) is -1.39. The molecule has 98 valence electrons. The number of hydrogen-bond donors (Lipinski definition) is 2. The van der Waals surface area contributed by atoms with Gasteiger partial charge in [-0.1, -0.05) is 6.07 Å². The molecule has 2 rings (SSSR count). The first-order chi connectivity index (χ1) is 8.59. The van der Waals surface area contributed by atoms with Crippen LogP contribution in [-0.4, -0.2) is 30.3 Å². The minimum atomic E-state index is -1.13. The molecule has 2 atom stereocenters. The van der Waals surface area contributed by atoms with Crippen LogP contribution in [0.4, 0.5) is 10.1 Å². The lowest BCUT2D eigenvalue weighted by Crippen LogP contribution is -2.22. The van der Waals surface area contributed by atoms with Gasteiger partial charge in [-0.05, 0) is 25.5 Å². The Morgan fingerprint density at radius 1 is 1.61 bits per heavy atom. The fraction of sp³-hybridized carbons (Fsp3) is 0.462. The maximum atomic E-state index is 13.6. The SMILES string of the molecule is CC1OCCC1CNc1c(F)cccc1C(=O)O. The lowest BCUT2D eigenvalue weighted by atomic mass is 10.0. The van der Waals surface area contributed by atoms with Gasteiger partial charge in [-0.3, -0.25) is 0 Å². The Hall–Kier alpha value is -1.62. The van der Waals surface area contributed by atoms with Gasteiger partial charge in [-0.2, -0.15) is 0 Å². The molecule has 0 amide bonds. The van der Waals surface area contributed by atoms with E-state index in [-0.39, 0.29) is 23.3 Å². The minimum absolute atomic E-state index is 0.0402. The summed E-state index contributed by atoms with van der Waals surface area (Å²) in [6, 6.07) is 4.04. The monoisotopic (exact) mass is 253 g/mol. The molecule has 2 N–H and O–H groups in total. The molecule has 4 nitrogen and oxygen atoms in total. The third-order valence-corrected chi connectivity index (χ3v) is 3.32. The molecular formula is C13H16FNO3. The van der Waals surface area contributed by atoms with E-state index in [4.69, 9.17) is 9.84 Å². The molecule has 0 bridgehead atoms. The molecule has 1 aliphatic heterocycles. The van der Waals surface area contributed by atoms with Crippen molar-refractivity contribution in [3.8, 4) is 0 Å². The Morgan fingerprint density at radius 3 is 3.00 bits per heavy atom. The van der Waals surface area contributed by atoms with Crippen LogP contribution in [0.25, 0.3) is 0 Å². The van der Waals surface area contributed by atoms with Crippen molar-refractivity contribution in [3.63, 3.8) is 0 Å². The van der Waals surface area contributed by atoms with Crippen molar-refractivity contribution in [2.24, 2.45) is 5.92 Å². The van der Waals surface area contributed by atoms with Gasteiger partial charge in [0.1, 0.15) is 5.82 Å². The summed E-state index contributed by atoms with van der Waals surface area (Å²) < 4.78 is 19.0. The van der Waals surface area contributed by atoms with Gasteiger partial charge in [0.05, 0.1) is 17.4 Å². The quantitative estimate of drug-likeness (QED) is 0.864. The summed E-state index contributed by atoms with van der Waals surface area (Å²) in [5, 5.41) is 11.9. The van der Waals surface area contributed by atoms with Gasteiger partial charge in [0.15, 0.2) is 0 Å². The second-order valence-corrected chi connectivity index (χ2v) is 4.47. The zero-order chi connectivity index (χ0) is 13.1. The Morgan fingerprint density at radius 2 is 2.39 bits per heavy atom. The molecule has 18 heavy (non-hydrogen) atoms. The number of benzene rings is 1. The number of carboxylic acids is 1. The summed E-state index contributed by atoms with van der Waals surface area (Å²) in [4.78, 5) is 11.0. The normalized spacial score (nSPS) is 23.0. The highest BCUT2D eigenvalue weighted by Gasteiger charge is 2.24. The summed E-state index contributed by atoms with van der Waals surface area (Å²) in [6.07, 6.45) is 1.03. The topological polar surface area (TPSA) is 58.6 Å². The third-order valence-electron chi connectivity index (χ3n) is 3.32. The van der Waals surface area contributed by atoms with E-state index in [0.717, 1.165) is 6.42 Å². The maximum Gasteiger partial charge on any atom is 0.337 e. The molecule has 0 radical (unpaired) electrons. The Kier molecular flexibility index (Phi) is 3.81. The lowest BCUT2D eigenvalue weighted by molar-refractivity contribution is 0.0697. The van der Waals surface area contributed by atoms with E-state index in [1.54, 1.807) is 0 Å². The number of nitrogens with one attached hydrogen (secondary N) is 1. The zero-order valence-corrected chi connectivity index (χ0v) is 10.1. The molecule has 1 heterocycles. The number of aromatic carboxylic acids is 1. The highest BCUT2D eigenvalue weighted by Crippen LogP contribution is 2.24. The van der Waals surface area contributed by atoms with Crippen LogP contribution >= 0.6 is 0 Å². The van der Waals surface area contributed by atoms with Crippen molar-refractivity contribution in [2.45, 2.75) is 19.4 Å². The van der Waals surface area contributed by atoms with Gasteiger partial charge < -0.3 is 15.2 Å². The molecule has 1 fully saturated rings. The van der Waals surface area contributed by atoms with Crippen molar-refractivity contribution < 1.29 is 19.0 Å². The molecule has 1 aromatic rings. The average Bonchev–Trinajstić information content (AvgIpc) is 2.73. The van der Waals surface area contributed by atoms with E-state index in [2.05, 4.69) is 5.32 Å². The first kappa shape index (κ1) is 12.8. The maximum absolute atomic E-state index is 13.6. The average molecular weight is 253 g/mol. The number of anilines is 1. The number of para-hydroxylation sites is 1. The predicted octanol–water partition coefficient (Wildman–Crippen LogP) is 2.36. The molecule has 5 heteroatoms. The van der Waals surface area contributed by atoms with E-state index < -0.39 is 11.8 Å². The van der Waals surface area contributed by atoms with Crippen LogP contribution in [0.15, 0.2) is 18.2 Å². The van der Waals surface area contributed by atoms with Gasteiger partial charge in [0.2, 0.25) is 0 Å². The molecule has 0 spiro atoms. The molecular weight excluding hydrogens is 237 g/mol. The third kappa shape index (κ3) is 2.61. The van der Waals surface area contributed by atoms with E-state index in [0.29, 0.717) is 13.2 Å². The van der Waals surface area contributed by atoms with Crippen LogP contribution in [0.1, 0.15) is 23.7 Å².